The second-order valence-electron chi connectivity index (χ2n) is 5.55. The number of methoxy groups -OCH3 is 1. The number of rotatable bonds is 7. The van der Waals surface area contributed by atoms with Gasteiger partial charge in [0.25, 0.3) is 0 Å². The highest BCUT2D eigenvalue weighted by atomic mass is 16.5. The molecule has 1 fully saturated rings. The van der Waals surface area contributed by atoms with Crippen LogP contribution in [0.1, 0.15) is 39.5 Å². The quantitative estimate of drug-likeness (QED) is 0.654. The molecular weight excluding hydrogens is 202 g/mol. The molecule has 2 atom stereocenters. The van der Waals surface area contributed by atoms with E-state index in [1.165, 1.54) is 19.3 Å². The van der Waals surface area contributed by atoms with E-state index in [-0.39, 0.29) is 5.60 Å². The van der Waals surface area contributed by atoms with E-state index in [2.05, 4.69) is 19.2 Å². The topological polar surface area (TPSA) is 41.5 Å². The third kappa shape index (κ3) is 4.40. The average Bonchev–Trinajstić information content (AvgIpc) is 2.72. The molecule has 0 aliphatic heterocycles. The van der Waals surface area contributed by atoms with Crippen LogP contribution in [0.15, 0.2) is 0 Å². The molecule has 96 valence electrons. The molecule has 0 spiro atoms. The molecule has 1 saturated carbocycles. The van der Waals surface area contributed by atoms with Gasteiger partial charge in [0.2, 0.25) is 0 Å². The van der Waals surface area contributed by atoms with Gasteiger partial charge in [-0.1, -0.05) is 6.42 Å². The van der Waals surface area contributed by atoms with Gasteiger partial charge in [-0.15, -0.1) is 0 Å². The summed E-state index contributed by atoms with van der Waals surface area (Å²) < 4.78 is 5.37. The lowest BCUT2D eigenvalue weighted by atomic mass is 9.97. The van der Waals surface area contributed by atoms with Gasteiger partial charge in [0.1, 0.15) is 0 Å². The Morgan fingerprint density at radius 3 is 2.62 bits per heavy atom. The molecule has 1 aliphatic carbocycles. The molecular formula is C13H27NO2. The molecule has 2 N–H and O–H groups in total. The van der Waals surface area contributed by atoms with Crippen LogP contribution in [-0.2, 0) is 4.74 Å². The molecule has 2 unspecified atom stereocenters. The molecule has 0 aromatic heterocycles. The van der Waals surface area contributed by atoms with Gasteiger partial charge >= 0.3 is 0 Å². The number of aliphatic hydroxyl groups excluding tert-OH is 1. The maximum atomic E-state index is 9.21. The summed E-state index contributed by atoms with van der Waals surface area (Å²) in [4.78, 5) is 0. The molecule has 16 heavy (non-hydrogen) atoms. The number of aliphatic hydroxyl groups is 1. The van der Waals surface area contributed by atoms with Gasteiger partial charge in [0, 0.05) is 13.7 Å². The smallest absolute Gasteiger partial charge is 0.0634 e. The molecule has 0 radical (unpaired) electrons. The zero-order valence-corrected chi connectivity index (χ0v) is 11.0. The summed E-state index contributed by atoms with van der Waals surface area (Å²) in [7, 11) is 1.76. The summed E-state index contributed by atoms with van der Waals surface area (Å²) >= 11 is 0. The van der Waals surface area contributed by atoms with Crippen LogP contribution >= 0.6 is 0 Å². The van der Waals surface area contributed by atoms with Crippen LogP contribution in [-0.4, -0.2) is 37.5 Å². The first-order valence-corrected chi connectivity index (χ1v) is 6.46. The molecule has 0 aromatic rings. The molecule has 3 nitrogen and oxygen atoms in total. The summed E-state index contributed by atoms with van der Waals surface area (Å²) in [6, 6.07) is 0. The Labute approximate surface area is 99.6 Å². The highest BCUT2D eigenvalue weighted by molar-refractivity contribution is 4.79. The van der Waals surface area contributed by atoms with Crippen LogP contribution in [0.3, 0.4) is 0 Å². The highest BCUT2D eigenvalue weighted by Gasteiger charge is 2.26. The van der Waals surface area contributed by atoms with Gasteiger partial charge in [0.05, 0.1) is 5.60 Å². The van der Waals surface area contributed by atoms with Gasteiger partial charge < -0.3 is 15.2 Å². The predicted octanol–water partition coefficient (Wildman–Crippen LogP) is 1.80. The number of ether oxygens (including phenoxy) is 1. The van der Waals surface area contributed by atoms with Gasteiger partial charge in [-0.3, -0.25) is 0 Å². The van der Waals surface area contributed by atoms with E-state index in [0.717, 1.165) is 19.5 Å². The van der Waals surface area contributed by atoms with Crippen molar-refractivity contribution >= 4 is 0 Å². The first-order valence-electron chi connectivity index (χ1n) is 6.46. The minimum absolute atomic E-state index is 0.0287. The van der Waals surface area contributed by atoms with E-state index in [9.17, 15) is 5.11 Å². The van der Waals surface area contributed by atoms with Crippen LogP contribution in [0.2, 0.25) is 0 Å². The Morgan fingerprint density at radius 1 is 1.31 bits per heavy atom. The monoisotopic (exact) mass is 229 g/mol. The molecule has 0 heterocycles. The van der Waals surface area contributed by atoms with E-state index >= 15 is 0 Å². The third-order valence-corrected chi connectivity index (χ3v) is 3.91. The Hall–Kier alpha value is -0.120. The minimum atomic E-state index is -0.0287. The van der Waals surface area contributed by atoms with Crippen molar-refractivity contribution in [3.8, 4) is 0 Å². The standard InChI is InChI=1S/C13H27NO2/c1-13(2,16-3)7-8-14-9-11-5-4-6-12(11)10-15/h11-12,14-15H,4-10H2,1-3H3. The molecule has 0 aromatic carbocycles. The SMILES string of the molecule is COC(C)(C)CCNCC1CCCC1CO. The summed E-state index contributed by atoms with van der Waals surface area (Å²) in [6.45, 7) is 6.62. The zero-order valence-electron chi connectivity index (χ0n) is 11.0. The molecule has 0 bridgehead atoms. The van der Waals surface area contributed by atoms with Crippen molar-refractivity contribution in [2.45, 2.75) is 45.1 Å². The Kier molecular flexibility index (Phi) is 5.73. The van der Waals surface area contributed by atoms with E-state index in [0.29, 0.717) is 18.4 Å². The van der Waals surface area contributed by atoms with Crippen molar-refractivity contribution < 1.29 is 9.84 Å². The largest absolute Gasteiger partial charge is 0.396 e. The van der Waals surface area contributed by atoms with Crippen LogP contribution < -0.4 is 5.32 Å². The number of hydrogen-bond acceptors (Lipinski definition) is 3. The first kappa shape index (κ1) is 13.9. The van der Waals surface area contributed by atoms with Crippen molar-refractivity contribution in [2.75, 3.05) is 26.8 Å². The van der Waals surface area contributed by atoms with Crippen LogP contribution in [0, 0.1) is 11.8 Å². The summed E-state index contributed by atoms with van der Waals surface area (Å²) in [6.07, 6.45) is 4.78. The van der Waals surface area contributed by atoms with E-state index in [4.69, 9.17) is 4.74 Å². The lowest BCUT2D eigenvalue weighted by molar-refractivity contribution is 0.0156. The summed E-state index contributed by atoms with van der Waals surface area (Å²) in [5.74, 6) is 1.21. The lowest BCUT2D eigenvalue weighted by Crippen LogP contribution is -2.32. The molecule has 3 heteroatoms. The second kappa shape index (κ2) is 6.58. The van der Waals surface area contributed by atoms with E-state index in [1.54, 1.807) is 7.11 Å². The number of nitrogens with one attached hydrogen (secondary N) is 1. The van der Waals surface area contributed by atoms with Crippen LogP contribution in [0.25, 0.3) is 0 Å². The van der Waals surface area contributed by atoms with Crippen molar-refractivity contribution in [1.82, 2.24) is 5.32 Å². The van der Waals surface area contributed by atoms with Gasteiger partial charge in [-0.25, -0.2) is 0 Å². The molecule has 1 aliphatic rings. The van der Waals surface area contributed by atoms with Gasteiger partial charge in [-0.05, 0) is 58.0 Å². The summed E-state index contributed by atoms with van der Waals surface area (Å²) in [5.41, 5.74) is -0.0287. The van der Waals surface area contributed by atoms with Gasteiger partial charge in [0.15, 0.2) is 0 Å². The third-order valence-electron chi connectivity index (χ3n) is 3.91. The fraction of sp³-hybridized carbons (Fsp3) is 1.00. The van der Waals surface area contributed by atoms with Crippen molar-refractivity contribution in [3.63, 3.8) is 0 Å². The average molecular weight is 229 g/mol. The zero-order chi connectivity index (χ0) is 12.0. The second-order valence-corrected chi connectivity index (χ2v) is 5.55. The first-order chi connectivity index (χ1) is 7.59. The van der Waals surface area contributed by atoms with Crippen molar-refractivity contribution in [3.05, 3.63) is 0 Å². The lowest BCUT2D eigenvalue weighted by Gasteiger charge is -2.24. The van der Waals surface area contributed by atoms with Crippen molar-refractivity contribution in [1.29, 1.82) is 0 Å². The Morgan fingerprint density at radius 2 is 2.00 bits per heavy atom. The Bertz CT molecular complexity index is 194. The Balaban J connectivity index is 2.11. The van der Waals surface area contributed by atoms with Crippen molar-refractivity contribution in [2.24, 2.45) is 11.8 Å². The normalized spacial score (nSPS) is 26.2. The fourth-order valence-corrected chi connectivity index (χ4v) is 2.40. The maximum absolute atomic E-state index is 9.21. The number of hydrogen-bond donors (Lipinski definition) is 2. The minimum Gasteiger partial charge on any atom is -0.396 e. The highest BCUT2D eigenvalue weighted by Crippen LogP contribution is 2.30. The van der Waals surface area contributed by atoms with Gasteiger partial charge in [-0.2, -0.15) is 0 Å². The van der Waals surface area contributed by atoms with E-state index in [1.807, 2.05) is 0 Å². The van der Waals surface area contributed by atoms with Crippen LogP contribution in [0.5, 0.6) is 0 Å². The maximum Gasteiger partial charge on any atom is 0.0634 e. The summed E-state index contributed by atoms with van der Waals surface area (Å²) in [5, 5.41) is 12.7. The molecule has 0 saturated heterocycles. The molecule has 1 rings (SSSR count). The fourth-order valence-electron chi connectivity index (χ4n) is 2.40. The molecule has 0 amide bonds. The van der Waals surface area contributed by atoms with Crippen LogP contribution in [0.4, 0.5) is 0 Å². The van der Waals surface area contributed by atoms with E-state index < -0.39 is 0 Å². The predicted molar refractivity (Wildman–Crippen MR) is 66.5 cm³/mol.